The van der Waals surface area contributed by atoms with Crippen molar-refractivity contribution in [3.63, 3.8) is 0 Å². The molecule has 2 rings (SSSR count). The average Bonchev–Trinajstić information content (AvgIpc) is 2.62. The Labute approximate surface area is 102 Å². The van der Waals surface area contributed by atoms with E-state index in [0.717, 1.165) is 5.70 Å². The van der Waals surface area contributed by atoms with Crippen LogP contribution in [0.5, 0.6) is 0 Å². The molecule has 2 aliphatic heterocycles. The molecule has 0 saturated carbocycles. The van der Waals surface area contributed by atoms with Crippen LogP contribution in [0, 0.1) is 0 Å². The van der Waals surface area contributed by atoms with E-state index in [1.165, 1.54) is 11.1 Å². The SMILES string of the molecule is CC.CC1=CC2NC(CC(=O)O)=CN2C=C1C. The van der Waals surface area contributed by atoms with Gasteiger partial charge in [0.15, 0.2) is 0 Å². The van der Waals surface area contributed by atoms with E-state index in [4.69, 9.17) is 5.11 Å². The molecule has 2 N–H and O–H groups in total. The number of nitrogens with one attached hydrogen (secondary N) is 1. The molecule has 94 valence electrons. The minimum atomic E-state index is -0.810. The Morgan fingerprint density at radius 1 is 1.35 bits per heavy atom. The number of hydrogen-bond donors (Lipinski definition) is 2. The smallest absolute Gasteiger partial charge is 0.309 e. The molecule has 1 atom stereocenters. The zero-order valence-corrected chi connectivity index (χ0v) is 10.8. The summed E-state index contributed by atoms with van der Waals surface area (Å²) in [6.45, 7) is 8.10. The molecule has 0 aliphatic carbocycles. The van der Waals surface area contributed by atoms with Gasteiger partial charge >= 0.3 is 5.97 Å². The average molecular weight is 236 g/mol. The molecule has 0 aromatic heterocycles. The molecule has 0 amide bonds. The Bertz CT molecular complexity index is 394. The summed E-state index contributed by atoms with van der Waals surface area (Å²) in [6.07, 6.45) is 6.11. The quantitative estimate of drug-likeness (QED) is 0.773. The maximum atomic E-state index is 10.6. The van der Waals surface area contributed by atoms with E-state index < -0.39 is 5.97 Å². The van der Waals surface area contributed by atoms with Crippen LogP contribution in [-0.4, -0.2) is 22.1 Å². The van der Waals surface area contributed by atoms with Crippen LogP contribution in [0.4, 0.5) is 0 Å². The van der Waals surface area contributed by atoms with Gasteiger partial charge in [-0.05, 0) is 31.1 Å². The van der Waals surface area contributed by atoms with Crippen molar-refractivity contribution in [3.05, 3.63) is 35.3 Å². The number of carboxylic acids is 1. The predicted octanol–water partition coefficient (Wildman–Crippen LogP) is 2.42. The number of nitrogens with zero attached hydrogens (tertiary/aromatic N) is 1. The van der Waals surface area contributed by atoms with Crippen LogP contribution in [0.25, 0.3) is 0 Å². The monoisotopic (exact) mass is 236 g/mol. The van der Waals surface area contributed by atoms with Crippen LogP contribution in [0.1, 0.15) is 34.1 Å². The zero-order chi connectivity index (χ0) is 13.0. The van der Waals surface area contributed by atoms with E-state index >= 15 is 0 Å². The Morgan fingerprint density at radius 2 is 2.00 bits per heavy atom. The summed E-state index contributed by atoms with van der Waals surface area (Å²) in [5.74, 6) is -0.810. The highest BCUT2D eigenvalue weighted by molar-refractivity contribution is 5.70. The normalized spacial score (nSPS) is 21.3. The minimum absolute atomic E-state index is 0.0484. The Morgan fingerprint density at radius 3 is 2.59 bits per heavy atom. The first-order valence-corrected chi connectivity index (χ1v) is 5.90. The molecule has 4 nitrogen and oxygen atoms in total. The van der Waals surface area contributed by atoms with Crippen molar-refractivity contribution in [2.75, 3.05) is 0 Å². The van der Waals surface area contributed by atoms with Gasteiger partial charge in [-0.1, -0.05) is 13.8 Å². The van der Waals surface area contributed by atoms with Gasteiger partial charge in [-0.15, -0.1) is 0 Å². The van der Waals surface area contributed by atoms with Gasteiger partial charge in [-0.3, -0.25) is 4.79 Å². The third-order valence-corrected chi connectivity index (χ3v) is 2.67. The highest BCUT2D eigenvalue weighted by atomic mass is 16.4. The standard InChI is InChI=1S/C11H14N2O2.C2H6/c1-7-3-10-12-9(4-11(14)15)6-13(10)5-8(7)2;1-2/h3,5-6,10,12H,4H2,1-2H3,(H,14,15);1-2H3. The van der Waals surface area contributed by atoms with Crippen LogP contribution in [-0.2, 0) is 4.79 Å². The first-order valence-electron chi connectivity index (χ1n) is 5.90. The molecule has 1 unspecified atom stereocenters. The van der Waals surface area contributed by atoms with Gasteiger partial charge in [0.25, 0.3) is 0 Å². The number of allylic oxidation sites excluding steroid dienone is 2. The number of carboxylic acid groups (broad SMARTS) is 1. The number of rotatable bonds is 2. The van der Waals surface area contributed by atoms with Crippen molar-refractivity contribution in [2.45, 2.75) is 40.3 Å². The van der Waals surface area contributed by atoms with Crippen LogP contribution in [0.2, 0.25) is 0 Å². The van der Waals surface area contributed by atoms with Crippen LogP contribution < -0.4 is 5.32 Å². The van der Waals surface area contributed by atoms with Crippen LogP contribution in [0.3, 0.4) is 0 Å². The lowest BCUT2D eigenvalue weighted by Crippen LogP contribution is -2.33. The van der Waals surface area contributed by atoms with Gasteiger partial charge in [0.2, 0.25) is 0 Å². The second-order valence-electron chi connectivity index (χ2n) is 3.92. The second-order valence-corrected chi connectivity index (χ2v) is 3.92. The first kappa shape index (κ1) is 13.4. The summed E-state index contributed by atoms with van der Waals surface area (Å²) in [5.41, 5.74) is 3.19. The molecule has 2 aliphatic rings. The molecule has 0 bridgehead atoms. The van der Waals surface area contributed by atoms with Crippen molar-refractivity contribution >= 4 is 5.97 Å². The summed E-state index contributed by atoms with van der Waals surface area (Å²) >= 11 is 0. The Balaban J connectivity index is 0.000000686. The van der Waals surface area contributed by atoms with Crippen molar-refractivity contribution in [2.24, 2.45) is 0 Å². The summed E-state index contributed by atoms with van der Waals surface area (Å²) in [6, 6.07) is 0. The molecule has 0 aromatic rings. The van der Waals surface area contributed by atoms with E-state index in [9.17, 15) is 4.79 Å². The molecule has 0 fully saturated rings. The number of fused-ring (bicyclic) bond motifs is 1. The van der Waals surface area contributed by atoms with Crippen molar-refractivity contribution in [1.29, 1.82) is 0 Å². The van der Waals surface area contributed by atoms with Gasteiger partial charge < -0.3 is 15.3 Å². The fraction of sp³-hybridized carbons (Fsp3) is 0.462. The molecule has 2 heterocycles. The lowest BCUT2D eigenvalue weighted by atomic mass is 10.1. The maximum Gasteiger partial charge on any atom is 0.309 e. The third kappa shape index (κ3) is 3.12. The van der Waals surface area contributed by atoms with Crippen LogP contribution in [0.15, 0.2) is 35.3 Å². The summed E-state index contributed by atoms with van der Waals surface area (Å²) in [4.78, 5) is 12.6. The van der Waals surface area contributed by atoms with E-state index in [0.29, 0.717) is 0 Å². The van der Waals surface area contributed by atoms with Gasteiger partial charge in [-0.25, -0.2) is 0 Å². The molecular weight excluding hydrogens is 216 g/mol. The molecule has 0 radical (unpaired) electrons. The van der Waals surface area contributed by atoms with Crippen LogP contribution >= 0.6 is 0 Å². The summed E-state index contributed by atoms with van der Waals surface area (Å²) in [7, 11) is 0. The van der Waals surface area contributed by atoms with E-state index in [2.05, 4.69) is 18.3 Å². The van der Waals surface area contributed by atoms with Gasteiger partial charge in [-0.2, -0.15) is 0 Å². The maximum absolute atomic E-state index is 10.6. The highest BCUT2D eigenvalue weighted by Gasteiger charge is 2.24. The highest BCUT2D eigenvalue weighted by Crippen LogP contribution is 2.24. The molecule has 17 heavy (non-hydrogen) atoms. The van der Waals surface area contributed by atoms with Gasteiger partial charge in [0.05, 0.1) is 6.42 Å². The van der Waals surface area contributed by atoms with Crippen molar-refractivity contribution < 1.29 is 9.90 Å². The molecule has 0 aromatic carbocycles. The van der Waals surface area contributed by atoms with E-state index in [1.54, 1.807) is 0 Å². The van der Waals surface area contributed by atoms with E-state index in [1.807, 2.05) is 38.1 Å². The first-order chi connectivity index (χ1) is 8.06. The largest absolute Gasteiger partial charge is 0.481 e. The lowest BCUT2D eigenvalue weighted by molar-refractivity contribution is -0.136. The number of hydrogen-bond acceptors (Lipinski definition) is 3. The summed E-state index contributed by atoms with van der Waals surface area (Å²) in [5, 5.41) is 11.8. The molecule has 4 heteroatoms. The molecule has 0 saturated heterocycles. The third-order valence-electron chi connectivity index (χ3n) is 2.67. The summed E-state index contributed by atoms with van der Waals surface area (Å²) < 4.78 is 0. The van der Waals surface area contributed by atoms with Crippen molar-refractivity contribution in [3.8, 4) is 0 Å². The van der Waals surface area contributed by atoms with Crippen molar-refractivity contribution in [1.82, 2.24) is 10.2 Å². The molecular formula is C13H20N2O2. The second kappa shape index (κ2) is 5.57. The zero-order valence-electron chi connectivity index (χ0n) is 10.8. The van der Waals surface area contributed by atoms with Gasteiger partial charge in [0, 0.05) is 18.1 Å². The number of aliphatic carboxylic acids is 1. The molecule has 0 spiro atoms. The minimum Gasteiger partial charge on any atom is -0.481 e. The number of carbonyl (C=O) groups is 1. The fourth-order valence-electron chi connectivity index (χ4n) is 1.76. The predicted molar refractivity (Wildman–Crippen MR) is 68.0 cm³/mol. The topological polar surface area (TPSA) is 52.6 Å². The van der Waals surface area contributed by atoms with E-state index in [-0.39, 0.29) is 12.6 Å². The Hall–Kier alpha value is -1.71. The Kier molecular flexibility index (Phi) is 4.37. The van der Waals surface area contributed by atoms with Gasteiger partial charge in [0.1, 0.15) is 6.17 Å². The fourth-order valence-corrected chi connectivity index (χ4v) is 1.76. The lowest BCUT2D eigenvalue weighted by Gasteiger charge is -2.25.